The average molecular weight is 452 g/mol. The van der Waals surface area contributed by atoms with Crippen molar-refractivity contribution in [3.05, 3.63) is 107 Å². The molecule has 1 saturated heterocycles. The van der Waals surface area contributed by atoms with E-state index in [1.54, 1.807) is 23.2 Å². The van der Waals surface area contributed by atoms with Crippen LogP contribution in [-0.2, 0) is 23.1 Å². The summed E-state index contributed by atoms with van der Waals surface area (Å²) in [7, 11) is 2.00. The van der Waals surface area contributed by atoms with Crippen LogP contribution in [0.1, 0.15) is 28.3 Å². The Bertz CT molecular complexity index is 1420. The number of aliphatic hydroxyl groups is 1. The van der Waals surface area contributed by atoms with Crippen molar-refractivity contribution in [1.82, 2.24) is 14.5 Å². The van der Waals surface area contributed by atoms with Crippen molar-refractivity contribution in [2.45, 2.75) is 19.4 Å². The first-order valence-electron chi connectivity index (χ1n) is 11.2. The van der Waals surface area contributed by atoms with E-state index in [4.69, 9.17) is 0 Å². The molecule has 0 spiro atoms. The van der Waals surface area contributed by atoms with Gasteiger partial charge in [0.15, 0.2) is 0 Å². The molecule has 34 heavy (non-hydrogen) atoms. The van der Waals surface area contributed by atoms with Gasteiger partial charge in [0.25, 0.3) is 11.7 Å². The highest BCUT2D eigenvalue weighted by atomic mass is 16.3. The number of aromatic nitrogens is 2. The smallest absolute Gasteiger partial charge is 0.295 e. The maximum atomic E-state index is 13.2. The number of carbonyl (C=O) groups excluding carboxylic acids is 2. The largest absolute Gasteiger partial charge is 0.507 e. The number of amides is 1. The fourth-order valence-electron chi connectivity index (χ4n) is 4.73. The molecule has 1 atom stereocenters. The predicted octanol–water partition coefficient (Wildman–Crippen LogP) is 4.55. The number of benzene rings is 2. The second kappa shape index (κ2) is 8.63. The fraction of sp³-hybridized carbons (Fsp3) is 0.179. The summed E-state index contributed by atoms with van der Waals surface area (Å²) >= 11 is 0. The van der Waals surface area contributed by atoms with E-state index in [1.165, 1.54) is 6.20 Å². The van der Waals surface area contributed by atoms with E-state index in [1.807, 2.05) is 50.4 Å². The Kier molecular flexibility index (Phi) is 5.49. The molecular weight excluding hydrogens is 426 g/mol. The number of aliphatic hydroxyl groups excluding tert-OH is 1. The van der Waals surface area contributed by atoms with Crippen molar-refractivity contribution in [2.75, 3.05) is 6.54 Å². The summed E-state index contributed by atoms with van der Waals surface area (Å²) in [4.78, 5) is 32.0. The van der Waals surface area contributed by atoms with Crippen molar-refractivity contribution in [3.63, 3.8) is 0 Å². The predicted molar refractivity (Wildman–Crippen MR) is 131 cm³/mol. The quantitative estimate of drug-likeness (QED) is 0.275. The van der Waals surface area contributed by atoms with Crippen LogP contribution >= 0.6 is 0 Å². The molecule has 4 aromatic rings. The average Bonchev–Trinajstić information content (AvgIpc) is 3.31. The fourth-order valence-corrected chi connectivity index (χ4v) is 4.73. The highest BCUT2D eigenvalue weighted by Crippen LogP contribution is 2.39. The summed E-state index contributed by atoms with van der Waals surface area (Å²) < 4.78 is 2.07. The van der Waals surface area contributed by atoms with Crippen LogP contribution in [0.15, 0.2) is 84.8 Å². The van der Waals surface area contributed by atoms with Crippen molar-refractivity contribution >= 4 is 28.4 Å². The molecule has 6 nitrogen and oxygen atoms in total. The Labute approximate surface area is 197 Å². The van der Waals surface area contributed by atoms with Crippen LogP contribution in [0.4, 0.5) is 0 Å². The van der Waals surface area contributed by atoms with E-state index in [-0.39, 0.29) is 11.3 Å². The number of Topliss-reactive ketones (excluding diaryl/α,β-unsaturated/α-hetero) is 1. The number of rotatable bonds is 5. The van der Waals surface area contributed by atoms with Crippen LogP contribution in [0.2, 0.25) is 0 Å². The Morgan fingerprint density at radius 1 is 1.03 bits per heavy atom. The molecular formula is C28H25N3O3. The Balaban J connectivity index is 1.57. The van der Waals surface area contributed by atoms with E-state index in [2.05, 4.69) is 27.9 Å². The summed E-state index contributed by atoms with van der Waals surface area (Å²) in [5.41, 5.74) is 4.59. The van der Waals surface area contributed by atoms with Crippen molar-refractivity contribution < 1.29 is 14.7 Å². The monoisotopic (exact) mass is 451 g/mol. The van der Waals surface area contributed by atoms with Gasteiger partial charge in [0.05, 0.1) is 11.6 Å². The molecule has 170 valence electrons. The maximum absolute atomic E-state index is 13.2. The van der Waals surface area contributed by atoms with Gasteiger partial charge in [-0.15, -0.1) is 0 Å². The maximum Gasteiger partial charge on any atom is 0.295 e. The molecule has 0 aliphatic carbocycles. The van der Waals surface area contributed by atoms with Gasteiger partial charge in [-0.1, -0.05) is 48.0 Å². The van der Waals surface area contributed by atoms with Crippen molar-refractivity contribution in [2.24, 2.45) is 7.05 Å². The summed E-state index contributed by atoms with van der Waals surface area (Å²) in [5.74, 6) is -1.48. The number of hydrogen-bond donors (Lipinski definition) is 1. The lowest BCUT2D eigenvalue weighted by atomic mass is 9.95. The van der Waals surface area contributed by atoms with E-state index in [9.17, 15) is 14.7 Å². The zero-order valence-corrected chi connectivity index (χ0v) is 19.1. The number of fused-ring (bicyclic) bond motifs is 1. The van der Waals surface area contributed by atoms with Gasteiger partial charge in [0.1, 0.15) is 5.76 Å². The molecule has 6 heteroatoms. The van der Waals surface area contributed by atoms with Crippen LogP contribution in [0, 0.1) is 6.92 Å². The minimum atomic E-state index is -0.676. The molecule has 0 saturated carbocycles. The first kappa shape index (κ1) is 21.6. The van der Waals surface area contributed by atoms with Gasteiger partial charge in [-0.2, -0.15) is 0 Å². The molecule has 1 aliphatic heterocycles. The standard InChI is InChI=1S/C28H25N3O3/c1-18-9-11-19(12-10-18)25-24(26(32)20-6-5-14-29-16-20)27(33)28(34)31(25)15-13-21-17-30(2)23-8-4-3-7-22(21)23/h3-12,14,16-17,25,32H,13,15H2,1-2H3. The highest BCUT2D eigenvalue weighted by molar-refractivity contribution is 6.46. The number of aryl methyl sites for hydroxylation is 2. The van der Waals surface area contributed by atoms with Crippen LogP contribution in [0.5, 0.6) is 0 Å². The van der Waals surface area contributed by atoms with Gasteiger partial charge in [0, 0.05) is 48.6 Å². The summed E-state index contributed by atoms with van der Waals surface area (Å²) in [5, 5.41) is 12.2. The number of nitrogens with zero attached hydrogens (tertiary/aromatic N) is 3. The van der Waals surface area contributed by atoms with Gasteiger partial charge in [0.2, 0.25) is 0 Å². The molecule has 1 fully saturated rings. The minimum absolute atomic E-state index is 0.0970. The van der Waals surface area contributed by atoms with Crippen LogP contribution in [0.25, 0.3) is 16.7 Å². The van der Waals surface area contributed by atoms with E-state index in [0.29, 0.717) is 18.5 Å². The first-order valence-corrected chi connectivity index (χ1v) is 11.2. The molecule has 2 aromatic carbocycles. The molecule has 5 rings (SSSR count). The van der Waals surface area contributed by atoms with Gasteiger partial charge >= 0.3 is 0 Å². The topological polar surface area (TPSA) is 75.4 Å². The molecule has 0 radical (unpaired) electrons. The Morgan fingerprint density at radius 3 is 2.53 bits per heavy atom. The number of para-hydroxylation sites is 1. The normalized spacial score (nSPS) is 17.6. The minimum Gasteiger partial charge on any atom is -0.507 e. The van der Waals surface area contributed by atoms with Crippen LogP contribution in [0.3, 0.4) is 0 Å². The molecule has 2 aromatic heterocycles. The summed E-state index contributed by atoms with van der Waals surface area (Å²) in [6, 6.07) is 18.5. The second-order valence-electron chi connectivity index (χ2n) is 8.68. The van der Waals surface area contributed by atoms with E-state index < -0.39 is 17.7 Å². The van der Waals surface area contributed by atoms with E-state index >= 15 is 0 Å². The van der Waals surface area contributed by atoms with Gasteiger partial charge in [-0.05, 0) is 42.7 Å². The summed E-state index contributed by atoms with van der Waals surface area (Å²) in [6.07, 6.45) is 5.74. The van der Waals surface area contributed by atoms with Gasteiger partial charge in [-0.3, -0.25) is 14.6 Å². The van der Waals surface area contributed by atoms with Gasteiger partial charge < -0.3 is 14.6 Å². The first-order chi connectivity index (χ1) is 16.5. The summed E-state index contributed by atoms with van der Waals surface area (Å²) in [6.45, 7) is 2.33. The zero-order valence-electron chi connectivity index (χ0n) is 19.1. The zero-order chi connectivity index (χ0) is 23.8. The Morgan fingerprint density at radius 2 is 1.79 bits per heavy atom. The number of pyridine rings is 1. The van der Waals surface area contributed by atoms with Crippen molar-refractivity contribution in [1.29, 1.82) is 0 Å². The lowest BCUT2D eigenvalue weighted by Gasteiger charge is -2.25. The van der Waals surface area contributed by atoms with Crippen LogP contribution in [-0.4, -0.2) is 37.8 Å². The third-order valence-corrected chi connectivity index (χ3v) is 6.47. The van der Waals surface area contributed by atoms with Crippen molar-refractivity contribution in [3.8, 4) is 0 Å². The second-order valence-corrected chi connectivity index (χ2v) is 8.68. The highest BCUT2D eigenvalue weighted by Gasteiger charge is 2.45. The molecule has 0 bridgehead atoms. The third-order valence-electron chi connectivity index (χ3n) is 6.47. The van der Waals surface area contributed by atoms with E-state index in [0.717, 1.165) is 27.6 Å². The molecule has 1 amide bonds. The number of carbonyl (C=O) groups is 2. The molecule has 3 heterocycles. The lowest BCUT2D eigenvalue weighted by molar-refractivity contribution is -0.139. The molecule has 1 unspecified atom stereocenters. The van der Waals surface area contributed by atoms with Gasteiger partial charge in [-0.25, -0.2) is 0 Å². The third kappa shape index (κ3) is 3.67. The molecule has 1 aliphatic rings. The Hall–Kier alpha value is -4.19. The number of hydrogen-bond acceptors (Lipinski definition) is 4. The molecule has 1 N–H and O–H groups in total. The number of likely N-dealkylation sites (tertiary alicyclic amines) is 1. The number of ketones is 1. The SMILES string of the molecule is Cc1ccc(C2C(=C(O)c3cccnc3)C(=O)C(=O)N2CCc2cn(C)c3ccccc23)cc1. The lowest BCUT2D eigenvalue weighted by Crippen LogP contribution is -2.31. The van der Waals surface area contributed by atoms with Crippen LogP contribution < -0.4 is 0 Å².